The second-order valence-corrected chi connectivity index (χ2v) is 11.1. The van der Waals surface area contributed by atoms with Gasteiger partial charge in [-0.2, -0.15) is 0 Å². The molecule has 0 aliphatic carbocycles. The molecular formula is C32H40N2O5. The van der Waals surface area contributed by atoms with Crippen LogP contribution in [-0.2, 0) is 38.5 Å². The summed E-state index contributed by atoms with van der Waals surface area (Å²) >= 11 is 0. The quantitative estimate of drug-likeness (QED) is 0.436. The van der Waals surface area contributed by atoms with Crippen LogP contribution in [0.2, 0.25) is 0 Å². The van der Waals surface area contributed by atoms with Crippen LogP contribution in [-0.4, -0.2) is 53.1 Å². The van der Waals surface area contributed by atoms with Gasteiger partial charge in [0.05, 0.1) is 30.5 Å². The van der Waals surface area contributed by atoms with E-state index >= 15 is 0 Å². The van der Waals surface area contributed by atoms with Gasteiger partial charge >= 0.3 is 5.97 Å². The number of nitrogens with one attached hydrogen (secondary N) is 1. The summed E-state index contributed by atoms with van der Waals surface area (Å²) in [6.45, 7) is 4.34. The van der Waals surface area contributed by atoms with Crippen molar-refractivity contribution in [1.29, 1.82) is 0 Å². The van der Waals surface area contributed by atoms with Crippen molar-refractivity contribution < 1.29 is 24.2 Å². The van der Waals surface area contributed by atoms with Gasteiger partial charge in [0.25, 0.3) is 0 Å². The first kappa shape index (κ1) is 28.6. The molecule has 208 valence electrons. The van der Waals surface area contributed by atoms with E-state index in [9.17, 15) is 19.5 Å². The molecule has 0 saturated carbocycles. The molecule has 0 bridgehead atoms. The van der Waals surface area contributed by atoms with Crippen molar-refractivity contribution in [1.82, 2.24) is 10.2 Å². The van der Waals surface area contributed by atoms with Crippen LogP contribution in [0.5, 0.6) is 0 Å². The Morgan fingerprint density at radius 1 is 1.00 bits per heavy atom. The Labute approximate surface area is 231 Å². The van der Waals surface area contributed by atoms with Gasteiger partial charge in [0.2, 0.25) is 11.8 Å². The summed E-state index contributed by atoms with van der Waals surface area (Å²) in [6, 6.07) is 17.2. The number of esters is 1. The number of benzene rings is 2. The van der Waals surface area contributed by atoms with Crippen LogP contribution in [0.3, 0.4) is 0 Å². The smallest absolute Gasteiger partial charge is 0.309 e. The van der Waals surface area contributed by atoms with Gasteiger partial charge in [-0.15, -0.1) is 0 Å². The zero-order chi connectivity index (χ0) is 27.8. The number of aliphatic hydroxyl groups excluding tert-OH is 1. The van der Waals surface area contributed by atoms with E-state index < -0.39 is 5.92 Å². The Bertz CT molecular complexity index is 1160. The maximum Gasteiger partial charge on any atom is 0.309 e. The van der Waals surface area contributed by atoms with Crippen LogP contribution in [0.1, 0.15) is 49.8 Å². The Morgan fingerprint density at radius 3 is 2.36 bits per heavy atom. The molecule has 2 N–H and O–H groups in total. The topological polar surface area (TPSA) is 95.9 Å². The number of rotatable bonds is 6. The van der Waals surface area contributed by atoms with Gasteiger partial charge in [-0.3, -0.25) is 14.4 Å². The summed E-state index contributed by atoms with van der Waals surface area (Å²) in [4.78, 5) is 41.6. The maximum atomic E-state index is 13.5. The fourth-order valence-electron chi connectivity index (χ4n) is 5.33. The van der Waals surface area contributed by atoms with Gasteiger partial charge in [0, 0.05) is 13.0 Å². The van der Waals surface area contributed by atoms with Crippen molar-refractivity contribution >= 4 is 17.8 Å². The molecule has 2 aliphatic heterocycles. The van der Waals surface area contributed by atoms with E-state index in [0.29, 0.717) is 32.2 Å². The van der Waals surface area contributed by atoms with Gasteiger partial charge in [-0.25, -0.2) is 0 Å². The second-order valence-electron chi connectivity index (χ2n) is 11.1. The third-order valence-corrected chi connectivity index (χ3v) is 7.88. The van der Waals surface area contributed by atoms with E-state index in [0.717, 1.165) is 16.7 Å². The zero-order valence-electron chi connectivity index (χ0n) is 22.9. The lowest BCUT2D eigenvalue weighted by Crippen LogP contribution is -2.49. The standard InChI is InChI=1S/C32H40N2O5/c1-22(2)29-21-39-32(38)26(16-23-10-4-3-5-11-23)14-8-7-13-25(31(37)33-29)18-30(36)34-19-27-15-9-6-12-24(27)17-28(34)20-35/h3-12,15,22,25-26,28-29,35H,13-14,16-21H2,1-2H3,(H,33,37). The molecule has 4 rings (SSSR count). The van der Waals surface area contributed by atoms with E-state index in [4.69, 9.17) is 4.74 Å². The highest BCUT2D eigenvalue weighted by Gasteiger charge is 2.33. The minimum atomic E-state index is -0.561. The molecule has 2 aromatic rings. The summed E-state index contributed by atoms with van der Waals surface area (Å²) in [5.74, 6) is -1.47. The molecule has 0 saturated heterocycles. The van der Waals surface area contributed by atoms with Gasteiger partial charge in [-0.1, -0.05) is 80.6 Å². The SMILES string of the molecule is CC(C)C1COC(=O)C(Cc2ccccc2)CC=CCC(CC(=O)N2Cc3ccccc3CC2CO)C(=O)N1. The van der Waals surface area contributed by atoms with Crippen LogP contribution in [0.25, 0.3) is 0 Å². The van der Waals surface area contributed by atoms with Crippen LogP contribution in [0.15, 0.2) is 66.7 Å². The van der Waals surface area contributed by atoms with Crippen molar-refractivity contribution in [3.8, 4) is 0 Å². The van der Waals surface area contributed by atoms with E-state index in [1.165, 1.54) is 0 Å². The molecular weight excluding hydrogens is 492 g/mol. The largest absolute Gasteiger partial charge is 0.463 e. The second kappa shape index (κ2) is 13.6. The van der Waals surface area contributed by atoms with Gasteiger partial charge in [0.15, 0.2) is 0 Å². The summed E-state index contributed by atoms with van der Waals surface area (Å²) in [6.07, 6.45) is 5.94. The molecule has 4 unspecified atom stereocenters. The fraction of sp³-hybridized carbons (Fsp3) is 0.469. The van der Waals surface area contributed by atoms with Crippen molar-refractivity contribution in [2.24, 2.45) is 17.8 Å². The molecule has 2 heterocycles. The van der Waals surface area contributed by atoms with Gasteiger partial charge < -0.3 is 20.1 Å². The third kappa shape index (κ3) is 7.57. The van der Waals surface area contributed by atoms with Crippen LogP contribution in [0.4, 0.5) is 0 Å². The van der Waals surface area contributed by atoms with Gasteiger partial charge in [0.1, 0.15) is 6.61 Å². The third-order valence-electron chi connectivity index (χ3n) is 7.88. The number of aliphatic hydroxyl groups is 1. The number of fused-ring (bicyclic) bond motifs is 1. The number of amides is 2. The van der Waals surface area contributed by atoms with E-state index in [1.54, 1.807) is 4.90 Å². The minimum Gasteiger partial charge on any atom is -0.463 e. The van der Waals surface area contributed by atoms with Gasteiger partial charge in [-0.05, 0) is 48.3 Å². The molecule has 2 amide bonds. The molecule has 2 aliphatic rings. The van der Waals surface area contributed by atoms with Crippen LogP contribution < -0.4 is 5.32 Å². The summed E-state index contributed by atoms with van der Waals surface area (Å²) < 4.78 is 5.70. The van der Waals surface area contributed by atoms with E-state index in [-0.39, 0.29) is 61.3 Å². The number of allylic oxidation sites excluding steroid dienone is 2. The maximum absolute atomic E-state index is 13.5. The summed E-state index contributed by atoms with van der Waals surface area (Å²) in [7, 11) is 0. The fourth-order valence-corrected chi connectivity index (χ4v) is 5.33. The first-order chi connectivity index (χ1) is 18.9. The lowest BCUT2D eigenvalue weighted by molar-refractivity contribution is -0.150. The predicted octanol–water partition coefficient (Wildman–Crippen LogP) is 3.83. The first-order valence-corrected chi connectivity index (χ1v) is 14.0. The highest BCUT2D eigenvalue weighted by Crippen LogP contribution is 2.26. The van der Waals surface area contributed by atoms with Crippen molar-refractivity contribution in [2.75, 3.05) is 13.2 Å². The lowest BCUT2D eigenvalue weighted by Gasteiger charge is -2.37. The number of cyclic esters (lactones) is 1. The monoisotopic (exact) mass is 532 g/mol. The van der Waals surface area contributed by atoms with Crippen LogP contribution >= 0.6 is 0 Å². The summed E-state index contributed by atoms with van der Waals surface area (Å²) in [5.41, 5.74) is 3.29. The molecule has 4 atom stereocenters. The molecule has 0 spiro atoms. The highest BCUT2D eigenvalue weighted by atomic mass is 16.5. The summed E-state index contributed by atoms with van der Waals surface area (Å²) in [5, 5.41) is 13.1. The molecule has 7 nitrogen and oxygen atoms in total. The average Bonchev–Trinajstić information content (AvgIpc) is 2.94. The highest BCUT2D eigenvalue weighted by molar-refractivity contribution is 5.86. The van der Waals surface area contributed by atoms with Crippen molar-refractivity contribution in [3.63, 3.8) is 0 Å². The number of hydrogen-bond donors (Lipinski definition) is 2. The number of nitrogens with zero attached hydrogens (tertiary/aromatic N) is 1. The normalized spacial score (nSPS) is 24.3. The number of hydrogen-bond acceptors (Lipinski definition) is 5. The van der Waals surface area contributed by atoms with Crippen molar-refractivity contribution in [3.05, 3.63) is 83.4 Å². The number of ether oxygens (including phenoxy) is 1. The van der Waals surface area contributed by atoms with Crippen molar-refractivity contribution in [2.45, 2.75) is 64.6 Å². The Balaban J connectivity index is 1.50. The molecule has 0 fully saturated rings. The Morgan fingerprint density at radius 2 is 1.67 bits per heavy atom. The molecule has 7 heteroatoms. The first-order valence-electron chi connectivity index (χ1n) is 14.0. The lowest BCUT2D eigenvalue weighted by atomic mass is 9.91. The minimum absolute atomic E-state index is 0.0431. The number of carbonyl (C=O) groups is 3. The zero-order valence-corrected chi connectivity index (χ0v) is 22.9. The molecule has 2 aromatic carbocycles. The Hall–Kier alpha value is -3.45. The van der Waals surface area contributed by atoms with E-state index in [1.807, 2.05) is 80.6 Å². The molecule has 0 radical (unpaired) electrons. The predicted molar refractivity (Wildman–Crippen MR) is 149 cm³/mol. The average molecular weight is 533 g/mol. The van der Waals surface area contributed by atoms with Crippen LogP contribution in [0, 0.1) is 17.8 Å². The molecule has 39 heavy (non-hydrogen) atoms. The Kier molecular flexibility index (Phi) is 9.93. The molecule has 0 aromatic heterocycles. The number of carbonyl (C=O) groups excluding carboxylic acids is 3. The van der Waals surface area contributed by atoms with E-state index in [2.05, 4.69) is 5.32 Å².